The zero-order valence-corrected chi connectivity index (χ0v) is 10.9. The summed E-state index contributed by atoms with van der Waals surface area (Å²) in [4.78, 5) is 2.01. The number of benzene rings is 1. The Hall–Kier alpha value is -2.15. The molecule has 0 amide bonds. The summed E-state index contributed by atoms with van der Waals surface area (Å²) < 4.78 is 0. The van der Waals surface area contributed by atoms with Crippen molar-refractivity contribution in [3.8, 4) is 6.07 Å². The van der Waals surface area contributed by atoms with Gasteiger partial charge in [0.25, 0.3) is 0 Å². The third kappa shape index (κ3) is 2.12. The summed E-state index contributed by atoms with van der Waals surface area (Å²) in [5.74, 6) is 0.832. The Labute approximate surface area is 107 Å². The highest BCUT2D eigenvalue weighted by Gasteiger charge is 2.15. The van der Waals surface area contributed by atoms with E-state index in [9.17, 15) is 0 Å². The van der Waals surface area contributed by atoms with Crippen LogP contribution in [0.5, 0.6) is 0 Å². The molecule has 0 aliphatic heterocycles. The molecule has 0 aliphatic rings. The minimum Gasteiger partial charge on any atom is -0.354 e. The average molecular weight is 240 g/mol. The Kier molecular flexibility index (Phi) is 3.42. The van der Waals surface area contributed by atoms with Crippen molar-refractivity contribution in [3.05, 3.63) is 30.0 Å². The Balaban J connectivity index is 2.52. The summed E-state index contributed by atoms with van der Waals surface area (Å²) >= 11 is 0. The van der Waals surface area contributed by atoms with Gasteiger partial charge in [-0.15, -0.1) is 5.10 Å². The topological polar surface area (TPSA) is 52.8 Å². The number of aromatic nitrogens is 2. The van der Waals surface area contributed by atoms with Gasteiger partial charge < -0.3 is 4.90 Å². The van der Waals surface area contributed by atoms with E-state index in [1.54, 1.807) is 0 Å². The van der Waals surface area contributed by atoms with Crippen molar-refractivity contribution >= 4 is 16.6 Å². The SMILES string of the molecule is Cc1nnc(N(C)C(C)CC#N)c2ccccc12. The van der Waals surface area contributed by atoms with E-state index in [1.165, 1.54) is 0 Å². The molecule has 0 fully saturated rings. The molecule has 1 atom stereocenters. The molecular formula is C14H16N4. The van der Waals surface area contributed by atoms with E-state index < -0.39 is 0 Å². The van der Waals surface area contributed by atoms with Gasteiger partial charge in [0.1, 0.15) is 0 Å². The molecule has 1 unspecified atom stereocenters. The number of anilines is 1. The van der Waals surface area contributed by atoms with E-state index in [0.717, 1.165) is 22.3 Å². The number of hydrogen-bond donors (Lipinski definition) is 0. The van der Waals surface area contributed by atoms with Crippen LogP contribution in [0, 0.1) is 18.3 Å². The van der Waals surface area contributed by atoms with Crippen molar-refractivity contribution < 1.29 is 0 Å². The van der Waals surface area contributed by atoms with E-state index >= 15 is 0 Å². The fourth-order valence-electron chi connectivity index (χ4n) is 1.96. The van der Waals surface area contributed by atoms with Crippen LogP contribution in [0.4, 0.5) is 5.82 Å². The molecule has 1 aromatic heterocycles. The quantitative estimate of drug-likeness (QED) is 0.827. The average Bonchev–Trinajstić information content (AvgIpc) is 2.39. The standard InChI is InChI=1S/C14H16N4/c1-10(8-9-15)18(3)14-13-7-5-4-6-12(13)11(2)16-17-14/h4-7,10H,8H2,1-3H3. The van der Waals surface area contributed by atoms with Crippen molar-refractivity contribution in [2.45, 2.75) is 26.3 Å². The van der Waals surface area contributed by atoms with Crippen molar-refractivity contribution in [2.24, 2.45) is 0 Å². The minimum absolute atomic E-state index is 0.121. The summed E-state index contributed by atoms with van der Waals surface area (Å²) in [7, 11) is 1.95. The highest BCUT2D eigenvalue weighted by Crippen LogP contribution is 2.26. The van der Waals surface area contributed by atoms with Crippen LogP contribution in [0.15, 0.2) is 24.3 Å². The molecule has 1 heterocycles. The predicted molar refractivity (Wildman–Crippen MR) is 72.4 cm³/mol. The van der Waals surface area contributed by atoms with Gasteiger partial charge in [0.05, 0.1) is 18.2 Å². The summed E-state index contributed by atoms with van der Waals surface area (Å²) in [6.07, 6.45) is 0.473. The van der Waals surface area contributed by atoms with Gasteiger partial charge in [0.15, 0.2) is 5.82 Å². The van der Waals surface area contributed by atoms with Gasteiger partial charge in [-0.1, -0.05) is 24.3 Å². The van der Waals surface area contributed by atoms with Gasteiger partial charge in [0.2, 0.25) is 0 Å². The predicted octanol–water partition coefficient (Wildman–Crippen LogP) is 2.68. The smallest absolute Gasteiger partial charge is 0.159 e. The molecule has 0 spiro atoms. The monoisotopic (exact) mass is 240 g/mol. The summed E-state index contributed by atoms with van der Waals surface area (Å²) in [6, 6.07) is 10.4. The third-order valence-corrected chi connectivity index (χ3v) is 3.23. The minimum atomic E-state index is 0.121. The van der Waals surface area contributed by atoms with E-state index in [-0.39, 0.29) is 6.04 Å². The van der Waals surface area contributed by atoms with E-state index in [4.69, 9.17) is 5.26 Å². The molecule has 18 heavy (non-hydrogen) atoms. The second kappa shape index (κ2) is 5.01. The molecular weight excluding hydrogens is 224 g/mol. The molecule has 4 nitrogen and oxygen atoms in total. The summed E-state index contributed by atoms with van der Waals surface area (Å²) in [5, 5.41) is 19.4. The first-order chi connectivity index (χ1) is 8.65. The lowest BCUT2D eigenvalue weighted by atomic mass is 10.1. The van der Waals surface area contributed by atoms with E-state index in [2.05, 4.69) is 16.3 Å². The molecule has 0 saturated heterocycles. The van der Waals surface area contributed by atoms with Crippen molar-refractivity contribution in [3.63, 3.8) is 0 Å². The zero-order valence-electron chi connectivity index (χ0n) is 10.9. The lowest BCUT2D eigenvalue weighted by Crippen LogP contribution is -2.29. The fourth-order valence-corrected chi connectivity index (χ4v) is 1.96. The van der Waals surface area contributed by atoms with Crippen LogP contribution in [0.3, 0.4) is 0 Å². The molecule has 0 aliphatic carbocycles. The fraction of sp³-hybridized carbons (Fsp3) is 0.357. The Morgan fingerprint density at radius 1 is 1.28 bits per heavy atom. The zero-order chi connectivity index (χ0) is 13.1. The van der Waals surface area contributed by atoms with Crippen molar-refractivity contribution in [1.82, 2.24) is 10.2 Å². The molecule has 0 radical (unpaired) electrons. The van der Waals surface area contributed by atoms with E-state index in [1.807, 2.05) is 50.1 Å². The Morgan fingerprint density at radius 2 is 1.94 bits per heavy atom. The van der Waals surface area contributed by atoms with Gasteiger partial charge in [-0.3, -0.25) is 0 Å². The first-order valence-corrected chi connectivity index (χ1v) is 5.97. The number of aryl methyl sites for hydroxylation is 1. The highest BCUT2D eigenvalue weighted by molar-refractivity contribution is 5.93. The third-order valence-electron chi connectivity index (χ3n) is 3.23. The van der Waals surface area contributed by atoms with Crippen LogP contribution < -0.4 is 4.90 Å². The molecule has 0 N–H and O–H groups in total. The Bertz CT molecular complexity index is 600. The van der Waals surface area contributed by atoms with Gasteiger partial charge in [0, 0.05) is 23.9 Å². The molecule has 0 bridgehead atoms. The summed E-state index contributed by atoms with van der Waals surface area (Å²) in [6.45, 7) is 3.97. The first-order valence-electron chi connectivity index (χ1n) is 5.97. The maximum Gasteiger partial charge on any atom is 0.159 e. The maximum absolute atomic E-state index is 8.78. The van der Waals surface area contributed by atoms with Gasteiger partial charge in [-0.25, -0.2) is 0 Å². The second-order valence-electron chi connectivity index (χ2n) is 4.48. The molecule has 4 heteroatoms. The molecule has 2 aromatic rings. The number of fused-ring (bicyclic) bond motifs is 1. The first kappa shape index (κ1) is 12.3. The van der Waals surface area contributed by atoms with Crippen molar-refractivity contribution in [2.75, 3.05) is 11.9 Å². The van der Waals surface area contributed by atoms with Crippen LogP contribution in [0.2, 0.25) is 0 Å². The van der Waals surface area contributed by atoms with Crippen LogP contribution in [-0.4, -0.2) is 23.3 Å². The molecule has 2 rings (SSSR count). The maximum atomic E-state index is 8.78. The number of hydrogen-bond acceptors (Lipinski definition) is 4. The van der Waals surface area contributed by atoms with Gasteiger partial charge in [-0.2, -0.15) is 10.4 Å². The largest absolute Gasteiger partial charge is 0.354 e. The van der Waals surface area contributed by atoms with Gasteiger partial charge >= 0.3 is 0 Å². The van der Waals surface area contributed by atoms with Crippen LogP contribution in [-0.2, 0) is 0 Å². The van der Waals surface area contributed by atoms with Crippen molar-refractivity contribution in [1.29, 1.82) is 5.26 Å². The second-order valence-corrected chi connectivity index (χ2v) is 4.48. The van der Waals surface area contributed by atoms with Crippen LogP contribution in [0.25, 0.3) is 10.8 Å². The lowest BCUT2D eigenvalue weighted by Gasteiger charge is -2.24. The Morgan fingerprint density at radius 3 is 2.61 bits per heavy atom. The van der Waals surface area contributed by atoms with Crippen LogP contribution >= 0.6 is 0 Å². The van der Waals surface area contributed by atoms with Crippen LogP contribution in [0.1, 0.15) is 19.0 Å². The number of rotatable bonds is 3. The lowest BCUT2D eigenvalue weighted by molar-refractivity contribution is 0.690. The number of nitrogens with zero attached hydrogens (tertiary/aromatic N) is 4. The highest BCUT2D eigenvalue weighted by atomic mass is 15.3. The molecule has 0 saturated carbocycles. The van der Waals surface area contributed by atoms with Gasteiger partial charge in [-0.05, 0) is 13.8 Å². The normalized spacial score (nSPS) is 12.1. The number of nitriles is 1. The molecule has 1 aromatic carbocycles. The molecule has 92 valence electrons. The van der Waals surface area contributed by atoms with E-state index in [0.29, 0.717) is 6.42 Å². The summed E-state index contributed by atoms with van der Waals surface area (Å²) in [5.41, 5.74) is 0.927.